The Balaban J connectivity index is 1.99. The fraction of sp³-hybridized carbons (Fsp3) is 0.368. The first-order valence-electron chi connectivity index (χ1n) is 8.36. The second-order valence-corrected chi connectivity index (χ2v) is 6.26. The molecular weight excluding hydrogens is 352 g/mol. The molecule has 2 heterocycles. The van der Waals surface area contributed by atoms with Crippen LogP contribution in [0.5, 0.6) is 0 Å². The number of H-pyrrole nitrogens is 1. The molecule has 0 amide bonds. The van der Waals surface area contributed by atoms with Gasteiger partial charge >= 0.3 is 5.69 Å². The summed E-state index contributed by atoms with van der Waals surface area (Å²) in [5, 5.41) is 19.4. The van der Waals surface area contributed by atoms with Crippen LogP contribution in [0.25, 0.3) is 0 Å². The highest BCUT2D eigenvalue weighted by Gasteiger charge is 2.45. The molecule has 1 aliphatic heterocycles. The van der Waals surface area contributed by atoms with E-state index in [2.05, 4.69) is 16.8 Å². The fourth-order valence-electron chi connectivity index (χ4n) is 2.89. The van der Waals surface area contributed by atoms with E-state index in [1.165, 1.54) is 13.3 Å². The normalized spacial score (nSPS) is 24.4. The lowest BCUT2D eigenvalue weighted by Gasteiger charge is -2.20. The number of aromatic amines is 1. The number of hydrogen-bond donors (Lipinski definition) is 3. The molecule has 8 nitrogen and oxygen atoms in total. The molecule has 1 aromatic carbocycles. The highest BCUT2D eigenvalue weighted by molar-refractivity contribution is 5.41. The van der Waals surface area contributed by atoms with E-state index in [1.807, 2.05) is 31.2 Å². The number of methoxy groups -OCH3 is 1. The zero-order valence-electron chi connectivity index (χ0n) is 14.9. The number of nitrogens with zero attached hydrogens (tertiary/aromatic N) is 1. The van der Waals surface area contributed by atoms with Gasteiger partial charge in [0.05, 0.1) is 6.61 Å². The van der Waals surface area contributed by atoms with Gasteiger partial charge in [0, 0.05) is 18.9 Å². The maximum absolute atomic E-state index is 12.2. The van der Waals surface area contributed by atoms with Gasteiger partial charge in [-0.25, -0.2) is 4.79 Å². The van der Waals surface area contributed by atoms with Gasteiger partial charge in [0.15, 0.2) is 6.23 Å². The first-order chi connectivity index (χ1) is 12.9. The highest BCUT2D eigenvalue weighted by atomic mass is 16.6. The van der Waals surface area contributed by atoms with Crippen LogP contribution in [-0.2, 0) is 9.47 Å². The molecule has 0 radical (unpaired) electrons. The average molecular weight is 372 g/mol. The number of benzene rings is 1. The van der Waals surface area contributed by atoms with Gasteiger partial charge in [-0.1, -0.05) is 29.5 Å². The molecule has 0 spiro atoms. The largest absolute Gasteiger partial charge is 0.394 e. The first-order valence-corrected chi connectivity index (χ1v) is 8.36. The lowest BCUT2D eigenvalue weighted by Crippen LogP contribution is -2.39. The Morgan fingerprint density at radius 1 is 1.26 bits per heavy atom. The molecule has 4 atom stereocenters. The van der Waals surface area contributed by atoms with Crippen LogP contribution >= 0.6 is 0 Å². The third kappa shape index (κ3) is 3.86. The number of ether oxygens (including phenoxy) is 2. The molecule has 0 saturated carbocycles. The minimum Gasteiger partial charge on any atom is -0.394 e. The van der Waals surface area contributed by atoms with E-state index >= 15 is 0 Å². The van der Waals surface area contributed by atoms with Crippen molar-refractivity contribution in [1.29, 1.82) is 0 Å². The molecule has 1 fully saturated rings. The summed E-state index contributed by atoms with van der Waals surface area (Å²) in [6.07, 6.45) is -2.65. The Kier molecular flexibility index (Phi) is 5.58. The molecule has 2 aromatic rings. The van der Waals surface area contributed by atoms with Crippen molar-refractivity contribution in [2.45, 2.75) is 31.5 Å². The predicted molar refractivity (Wildman–Crippen MR) is 96.3 cm³/mol. The fourth-order valence-corrected chi connectivity index (χ4v) is 2.89. The van der Waals surface area contributed by atoms with Crippen LogP contribution in [0, 0.1) is 18.8 Å². The third-order valence-electron chi connectivity index (χ3n) is 4.40. The summed E-state index contributed by atoms with van der Waals surface area (Å²) in [6.45, 7) is 1.52. The van der Waals surface area contributed by atoms with Gasteiger partial charge in [-0.05, 0) is 19.1 Å². The van der Waals surface area contributed by atoms with E-state index in [1.54, 1.807) is 0 Å². The molecule has 142 valence electrons. The average Bonchev–Trinajstić information content (AvgIpc) is 2.97. The Morgan fingerprint density at radius 3 is 2.59 bits per heavy atom. The zero-order chi connectivity index (χ0) is 19.6. The van der Waals surface area contributed by atoms with E-state index in [0.717, 1.165) is 15.7 Å². The molecule has 0 aliphatic carbocycles. The Morgan fingerprint density at radius 2 is 1.96 bits per heavy atom. The van der Waals surface area contributed by atoms with E-state index in [0.29, 0.717) is 0 Å². The second-order valence-electron chi connectivity index (χ2n) is 6.26. The molecule has 0 unspecified atom stereocenters. The minimum atomic E-state index is -1.12. The standard InChI is InChI=1S/C19H20N2O6/c1-11-3-5-12(6-4-11)7-8-13-9-21(19(25)20-17(13)24)18-16(26-2)15(23)14(10-22)27-18/h3-6,9,14-16,18,22-23H,10H2,1-2H3,(H,20,24,25)/t14-,15-,16-,18-/m1/s1. The molecular formula is C19H20N2O6. The molecule has 8 heteroatoms. The summed E-state index contributed by atoms with van der Waals surface area (Å²) >= 11 is 0. The van der Waals surface area contributed by atoms with Crippen LogP contribution in [0.2, 0.25) is 0 Å². The SMILES string of the molecule is CO[C@@H]1[C@H](O)[C@@H](CO)O[C@H]1n1cc(C#Cc2ccc(C)cc2)c(=O)[nH]c1=O. The van der Waals surface area contributed by atoms with Crippen molar-refractivity contribution >= 4 is 0 Å². The smallest absolute Gasteiger partial charge is 0.330 e. The number of aromatic nitrogens is 2. The van der Waals surface area contributed by atoms with E-state index in [9.17, 15) is 19.8 Å². The summed E-state index contributed by atoms with van der Waals surface area (Å²) < 4.78 is 11.9. The summed E-state index contributed by atoms with van der Waals surface area (Å²) in [5.74, 6) is 5.62. The van der Waals surface area contributed by atoms with Gasteiger partial charge in [-0.15, -0.1) is 0 Å². The van der Waals surface area contributed by atoms with E-state index in [-0.39, 0.29) is 5.56 Å². The summed E-state index contributed by atoms with van der Waals surface area (Å²) in [6, 6.07) is 7.47. The molecule has 27 heavy (non-hydrogen) atoms. The van der Waals surface area contributed by atoms with Crippen LogP contribution in [0.1, 0.15) is 22.9 Å². The first kappa shape index (κ1) is 19.1. The van der Waals surface area contributed by atoms with Crippen molar-refractivity contribution in [3.05, 3.63) is 68.0 Å². The van der Waals surface area contributed by atoms with E-state index in [4.69, 9.17) is 9.47 Å². The van der Waals surface area contributed by atoms with Gasteiger partial charge in [-0.3, -0.25) is 14.3 Å². The lowest BCUT2D eigenvalue weighted by atomic mass is 10.1. The van der Waals surface area contributed by atoms with Gasteiger partial charge < -0.3 is 19.7 Å². The Hall–Kier alpha value is -2.70. The van der Waals surface area contributed by atoms with Gasteiger partial charge in [0.1, 0.15) is 23.9 Å². The quantitative estimate of drug-likeness (QED) is 0.627. The second kappa shape index (κ2) is 7.90. The number of aliphatic hydroxyl groups excluding tert-OH is 2. The number of aryl methyl sites for hydroxylation is 1. The van der Waals surface area contributed by atoms with Crippen molar-refractivity contribution in [2.24, 2.45) is 0 Å². The number of aliphatic hydroxyl groups is 2. The Bertz CT molecular complexity index is 982. The van der Waals surface area contributed by atoms with Crippen LogP contribution < -0.4 is 11.2 Å². The third-order valence-corrected chi connectivity index (χ3v) is 4.40. The lowest BCUT2D eigenvalue weighted by molar-refractivity contribution is -0.0625. The van der Waals surface area contributed by atoms with Gasteiger partial charge in [0.25, 0.3) is 5.56 Å². The van der Waals surface area contributed by atoms with E-state index < -0.39 is 42.4 Å². The van der Waals surface area contributed by atoms with Crippen molar-refractivity contribution in [1.82, 2.24) is 9.55 Å². The minimum absolute atomic E-state index is 0.0653. The van der Waals surface area contributed by atoms with Crippen LogP contribution in [0.3, 0.4) is 0 Å². The molecule has 3 rings (SSSR count). The monoisotopic (exact) mass is 372 g/mol. The highest BCUT2D eigenvalue weighted by Crippen LogP contribution is 2.30. The number of hydrogen-bond acceptors (Lipinski definition) is 6. The number of nitrogens with one attached hydrogen (secondary N) is 1. The molecule has 1 aromatic heterocycles. The molecule has 1 aliphatic rings. The van der Waals surface area contributed by atoms with Gasteiger partial charge in [0.2, 0.25) is 0 Å². The van der Waals surface area contributed by atoms with Gasteiger partial charge in [-0.2, -0.15) is 0 Å². The molecule has 0 bridgehead atoms. The summed E-state index contributed by atoms with van der Waals surface area (Å²) in [5.41, 5.74) is 0.532. The van der Waals surface area contributed by atoms with Crippen molar-refractivity contribution in [3.63, 3.8) is 0 Å². The summed E-state index contributed by atoms with van der Waals surface area (Å²) in [7, 11) is 1.36. The van der Waals surface area contributed by atoms with Crippen molar-refractivity contribution in [3.8, 4) is 11.8 Å². The van der Waals surface area contributed by atoms with Crippen molar-refractivity contribution < 1.29 is 19.7 Å². The van der Waals surface area contributed by atoms with Crippen LogP contribution in [0.4, 0.5) is 0 Å². The maximum atomic E-state index is 12.2. The topological polar surface area (TPSA) is 114 Å². The Labute approximate surface area is 155 Å². The number of rotatable bonds is 3. The molecule has 1 saturated heterocycles. The summed E-state index contributed by atoms with van der Waals surface area (Å²) in [4.78, 5) is 26.5. The maximum Gasteiger partial charge on any atom is 0.330 e. The van der Waals surface area contributed by atoms with Crippen molar-refractivity contribution in [2.75, 3.05) is 13.7 Å². The molecule has 3 N–H and O–H groups in total. The van der Waals surface area contributed by atoms with Crippen LogP contribution in [0.15, 0.2) is 40.1 Å². The van der Waals surface area contributed by atoms with Crippen LogP contribution in [-0.4, -0.2) is 51.8 Å². The zero-order valence-corrected chi connectivity index (χ0v) is 14.9. The predicted octanol–water partition coefficient (Wildman–Crippen LogP) is -0.490.